The van der Waals surface area contributed by atoms with Crippen LogP contribution in [0.2, 0.25) is 0 Å². The zero-order valence-corrected chi connectivity index (χ0v) is 22.5. The van der Waals surface area contributed by atoms with Crippen LogP contribution in [-0.4, -0.2) is 43.3 Å². The Morgan fingerprint density at radius 3 is 2.36 bits per heavy atom. The maximum atomic E-state index is 13.9. The molecule has 10 heteroatoms. The Morgan fingerprint density at radius 2 is 1.72 bits per heavy atom. The van der Waals surface area contributed by atoms with Crippen molar-refractivity contribution in [1.82, 2.24) is 9.13 Å². The fourth-order valence-corrected chi connectivity index (χ4v) is 5.52. The molecule has 0 spiro atoms. The van der Waals surface area contributed by atoms with Crippen LogP contribution in [0.3, 0.4) is 0 Å². The van der Waals surface area contributed by atoms with Gasteiger partial charge in [0.05, 0.1) is 43.1 Å². The topological polar surface area (TPSA) is 79.5 Å². The molecule has 0 N–H and O–H groups in total. The number of imidazole rings is 1. The molecule has 0 aliphatic rings. The second-order valence-corrected chi connectivity index (χ2v) is 11.6. The summed E-state index contributed by atoms with van der Waals surface area (Å²) in [4.78, 5) is 13.9. The highest BCUT2D eigenvalue weighted by Gasteiger charge is 2.27. The van der Waals surface area contributed by atoms with Crippen molar-refractivity contribution in [3.63, 3.8) is 0 Å². The van der Waals surface area contributed by atoms with Gasteiger partial charge in [0.15, 0.2) is 11.5 Å². The molecule has 7 nitrogen and oxygen atoms in total. The van der Waals surface area contributed by atoms with E-state index in [2.05, 4.69) is 15.9 Å². The predicted octanol–water partition coefficient (Wildman–Crippen LogP) is 4.79. The molecule has 0 saturated carbocycles. The molecule has 0 radical (unpaired) electrons. The Morgan fingerprint density at radius 1 is 1.00 bits per heavy atom. The van der Waals surface area contributed by atoms with Gasteiger partial charge in [-0.1, -0.05) is 34.1 Å². The summed E-state index contributed by atoms with van der Waals surface area (Å²) in [6.07, 6.45) is 1.15. The molecule has 190 valence electrons. The van der Waals surface area contributed by atoms with Crippen molar-refractivity contribution in [2.24, 2.45) is 0 Å². The van der Waals surface area contributed by atoms with Crippen molar-refractivity contribution in [2.75, 3.05) is 25.7 Å². The van der Waals surface area contributed by atoms with Gasteiger partial charge in [-0.15, -0.1) is 0 Å². The molecule has 1 aromatic heterocycles. The molecule has 0 unspecified atom stereocenters. The standard InChI is InChI=1S/C26H26BrFN2O5S/c1-4-35-25-13-18(7-12-24(25)34-2)23(16-36(3,32)33)30-21-11-8-19(27)14-22(21)29(26(30)31)15-17-5-9-20(28)10-6-17/h5-14,23H,4,15-16H2,1-3H3/t23-/m1/s1. The Balaban J connectivity index is 1.95. The van der Waals surface area contributed by atoms with Crippen molar-refractivity contribution < 1.29 is 22.3 Å². The summed E-state index contributed by atoms with van der Waals surface area (Å²) in [6.45, 7) is 2.42. The summed E-state index contributed by atoms with van der Waals surface area (Å²) in [5.41, 5.74) is 2.15. The first kappa shape index (κ1) is 26.0. The van der Waals surface area contributed by atoms with E-state index in [0.717, 1.165) is 16.3 Å². The molecule has 36 heavy (non-hydrogen) atoms. The van der Waals surface area contributed by atoms with Crippen LogP contribution < -0.4 is 15.2 Å². The Bertz CT molecular complexity index is 1560. The van der Waals surface area contributed by atoms with Crippen LogP contribution in [0.25, 0.3) is 11.0 Å². The van der Waals surface area contributed by atoms with Gasteiger partial charge in [0.1, 0.15) is 15.7 Å². The lowest BCUT2D eigenvalue weighted by Gasteiger charge is -2.20. The van der Waals surface area contributed by atoms with Crippen LogP contribution in [0.1, 0.15) is 24.1 Å². The fourth-order valence-electron chi connectivity index (χ4n) is 4.25. The number of fused-ring (bicyclic) bond motifs is 1. The zero-order chi connectivity index (χ0) is 26.0. The highest BCUT2D eigenvalue weighted by Crippen LogP contribution is 2.33. The molecule has 3 aromatic carbocycles. The van der Waals surface area contributed by atoms with Crippen molar-refractivity contribution in [2.45, 2.75) is 19.5 Å². The second-order valence-electron chi connectivity index (χ2n) is 8.45. The molecule has 0 amide bonds. The second kappa shape index (κ2) is 10.5. The summed E-state index contributed by atoms with van der Waals surface area (Å²) in [6, 6.07) is 15.7. The van der Waals surface area contributed by atoms with Gasteiger partial charge in [0.2, 0.25) is 0 Å². The van der Waals surface area contributed by atoms with E-state index in [1.807, 2.05) is 13.0 Å². The third-order valence-corrected chi connectivity index (χ3v) is 7.24. The molecule has 0 saturated heterocycles. The lowest BCUT2D eigenvalue weighted by molar-refractivity contribution is 0.310. The van der Waals surface area contributed by atoms with Crippen LogP contribution in [0.15, 0.2) is 69.9 Å². The minimum Gasteiger partial charge on any atom is -0.493 e. The van der Waals surface area contributed by atoms with Crippen molar-refractivity contribution >= 4 is 36.8 Å². The maximum absolute atomic E-state index is 13.9. The molecular weight excluding hydrogens is 551 g/mol. The van der Waals surface area contributed by atoms with Gasteiger partial charge in [-0.3, -0.25) is 9.13 Å². The van der Waals surface area contributed by atoms with E-state index >= 15 is 0 Å². The van der Waals surface area contributed by atoms with Gasteiger partial charge < -0.3 is 9.47 Å². The van der Waals surface area contributed by atoms with Crippen LogP contribution >= 0.6 is 15.9 Å². The lowest BCUT2D eigenvalue weighted by Crippen LogP contribution is -2.31. The van der Waals surface area contributed by atoms with Gasteiger partial charge in [-0.2, -0.15) is 0 Å². The molecule has 1 atom stereocenters. The van der Waals surface area contributed by atoms with E-state index in [4.69, 9.17) is 9.47 Å². The third kappa shape index (κ3) is 5.49. The Labute approximate surface area is 217 Å². The highest BCUT2D eigenvalue weighted by molar-refractivity contribution is 9.10. The monoisotopic (exact) mass is 576 g/mol. The Kier molecular flexibility index (Phi) is 7.56. The van der Waals surface area contributed by atoms with E-state index in [9.17, 15) is 17.6 Å². The lowest BCUT2D eigenvalue weighted by atomic mass is 10.1. The van der Waals surface area contributed by atoms with Gasteiger partial charge in [-0.05, 0) is 60.5 Å². The first-order valence-electron chi connectivity index (χ1n) is 11.2. The number of methoxy groups -OCH3 is 1. The van der Waals surface area contributed by atoms with Crippen LogP contribution in [0.5, 0.6) is 11.5 Å². The molecular formula is C26H26BrFN2O5S. The number of ether oxygens (including phenoxy) is 2. The van der Waals surface area contributed by atoms with Crippen molar-refractivity contribution in [3.05, 3.63) is 92.6 Å². The number of benzene rings is 3. The zero-order valence-electron chi connectivity index (χ0n) is 20.1. The average molecular weight is 577 g/mol. The number of aromatic nitrogens is 2. The molecule has 4 rings (SSSR count). The highest BCUT2D eigenvalue weighted by atomic mass is 79.9. The van der Waals surface area contributed by atoms with Gasteiger partial charge in [0, 0.05) is 10.7 Å². The summed E-state index contributed by atoms with van der Waals surface area (Å²) in [5, 5.41) is 0. The summed E-state index contributed by atoms with van der Waals surface area (Å²) >= 11 is 3.47. The normalized spacial score (nSPS) is 12.6. The van der Waals surface area contributed by atoms with E-state index in [1.54, 1.807) is 47.0 Å². The number of hydrogen-bond donors (Lipinski definition) is 0. The van der Waals surface area contributed by atoms with Crippen LogP contribution in [-0.2, 0) is 16.4 Å². The molecule has 1 heterocycles. The molecule has 0 fully saturated rings. The SMILES string of the molecule is CCOc1cc([C@@H](CS(C)(=O)=O)n2c(=O)n(Cc3ccc(F)cc3)c3cc(Br)ccc32)ccc1OC. The van der Waals surface area contributed by atoms with Crippen molar-refractivity contribution in [1.29, 1.82) is 0 Å². The Hall–Kier alpha value is -3.11. The molecule has 4 aromatic rings. The predicted molar refractivity (Wildman–Crippen MR) is 141 cm³/mol. The van der Waals surface area contributed by atoms with E-state index in [-0.39, 0.29) is 23.8 Å². The number of rotatable bonds is 9. The van der Waals surface area contributed by atoms with Gasteiger partial charge in [0.25, 0.3) is 0 Å². The van der Waals surface area contributed by atoms with Gasteiger partial charge >= 0.3 is 5.69 Å². The van der Waals surface area contributed by atoms with Crippen molar-refractivity contribution in [3.8, 4) is 11.5 Å². The molecule has 0 aliphatic heterocycles. The molecule has 0 bridgehead atoms. The van der Waals surface area contributed by atoms with E-state index < -0.39 is 15.9 Å². The minimum atomic E-state index is -3.50. The number of sulfone groups is 1. The first-order chi connectivity index (χ1) is 17.1. The van der Waals surface area contributed by atoms with Gasteiger partial charge in [-0.25, -0.2) is 17.6 Å². The first-order valence-corrected chi connectivity index (χ1v) is 14.1. The van der Waals surface area contributed by atoms with E-state index in [1.165, 1.54) is 23.8 Å². The quantitative estimate of drug-likeness (QED) is 0.286. The third-order valence-electron chi connectivity index (χ3n) is 5.82. The molecule has 0 aliphatic carbocycles. The maximum Gasteiger partial charge on any atom is 0.330 e. The van der Waals surface area contributed by atoms with E-state index in [0.29, 0.717) is 34.7 Å². The number of hydrogen-bond acceptors (Lipinski definition) is 5. The van der Waals surface area contributed by atoms with Crippen LogP contribution in [0, 0.1) is 5.82 Å². The summed E-state index contributed by atoms with van der Waals surface area (Å²) < 4.78 is 53.4. The largest absolute Gasteiger partial charge is 0.493 e. The number of nitrogens with zero attached hydrogens (tertiary/aromatic N) is 2. The number of halogens is 2. The minimum absolute atomic E-state index is 0.192. The average Bonchev–Trinajstić information content (AvgIpc) is 3.09. The van der Waals surface area contributed by atoms with Crippen LogP contribution in [0.4, 0.5) is 4.39 Å². The fraction of sp³-hybridized carbons (Fsp3) is 0.269. The smallest absolute Gasteiger partial charge is 0.330 e. The summed E-state index contributed by atoms with van der Waals surface area (Å²) in [7, 11) is -1.98. The summed E-state index contributed by atoms with van der Waals surface area (Å²) in [5.74, 6) is 0.306.